The van der Waals surface area contributed by atoms with E-state index in [1.807, 2.05) is 0 Å². The third-order valence-corrected chi connectivity index (χ3v) is 8.68. The van der Waals surface area contributed by atoms with E-state index in [2.05, 4.69) is 27.7 Å². The molecular formula is C20H32O. The van der Waals surface area contributed by atoms with Gasteiger partial charge in [-0.05, 0) is 73.5 Å². The van der Waals surface area contributed by atoms with Gasteiger partial charge in [0.1, 0.15) is 5.78 Å². The summed E-state index contributed by atoms with van der Waals surface area (Å²) >= 11 is 0. The lowest BCUT2D eigenvalue weighted by atomic mass is 9.41. The van der Waals surface area contributed by atoms with Gasteiger partial charge in [-0.2, -0.15) is 0 Å². The number of ketones is 1. The molecule has 0 heterocycles. The minimum Gasteiger partial charge on any atom is -0.299 e. The molecule has 1 heteroatoms. The van der Waals surface area contributed by atoms with Gasteiger partial charge in [0.25, 0.3) is 0 Å². The van der Waals surface area contributed by atoms with Crippen molar-refractivity contribution in [3.05, 3.63) is 0 Å². The van der Waals surface area contributed by atoms with Crippen molar-refractivity contribution < 1.29 is 4.79 Å². The number of rotatable bonds is 0. The highest BCUT2D eigenvalue weighted by Crippen LogP contribution is 2.71. The van der Waals surface area contributed by atoms with Crippen molar-refractivity contribution in [2.75, 3.05) is 0 Å². The van der Waals surface area contributed by atoms with Gasteiger partial charge in [-0.3, -0.25) is 4.79 Å². The number of carbonyl (C=O) groups is 1. The molecule has 1 spiro atoms. The normalized spacial score (nSPS) is 55.0. The van der Waals surface area contributed by atoms with Crippen molar-refractivity contribution in [1.82, 2.24) is 0 Å². The summed E-state index contributed by atoms with van der Waals surface area (Å²) in [6.07, 6.45) is 10.6. The molecule has 0 unspecified atom stereocenters. The van der Waals surface area contributed by atoms with Crippen molar-refractivity contribution in [2.45, 2.75) is 79.1 Å². The van der Waals surface area contributed by atoms with Crippen LogP contribution in [0, 0.1) is 39.9 Å². The highest BCUT2D eigenvalue weighted by atomic mass is 16.1. The zero-order valence-corrected chi connectivity index (χ0v) is 14.4. The SMILES string of the molecule is C[C@H]1C(=O)[C@@]23CC[C@@H]4C(C)(C)CCC[C@@]4(C)[C@H]2CC[C@@H]1C3. The van der Waals surface area contributed by atoms with Crippen molar-refractivity contribution >= 4 is 5.78 Å². The van der Waals surface area contributed by atoms with Crippen LogP contribution < -0.4 is 0 Å². The largest absolute Gasteiger partial charge is 0.299 e. The molecule has 0 aliphatic heterocycles. The molecule has 0 amide bonds. The first-order chi connectivity index (χ1) is 9.81. The molecule has 4 aliphatic carbocycles. The summed E-state index contributed by atoms with van der Waals surface area (Å²) in [5, 5.41) is 0. The third-order valence-electron chi connectivity index (χ3n) is 8.68. The molecule has 1 nitrogen and oxygen atoms in total. The van der Waals surface area contributed by atoms with Crippen molar-refractivity contribution in [1.29, 1.82) is 0 Å². The number of hydrogen-bond acceptors (Lipinski definition) is 1. The maximum Gasteiger partial charge on any atom is 0.142 e. The van der Waals surface area contributed by atoms with Gasteiger partial charge in [0.2, 0.25) is 0 Å². The molecule has 4 aliphatic rings. The van der Waals surface area contributed by atoms with Crippen LogP contribution in [0.25, 0.3) is 0 Å². The van der Waals surface area contributed by atoms with Gasteiger partial charge < -0.3 is 0 Å². The molecule has 0 radical (unpaired) electrons. The maximum absolute atomic E-state index is 13.1. The van der Waals surface area contributed by atoms with Gasteiger partial charge in [0, 0.05) is 11.3 Å². The molecule has 6 atom stereocenters. The summed E-state index contributed by atoms with van der Waals surface area (Å²) in [5.41, 5.74) is 1.02. The number of Topliss-reactive ketones (excluding diaryl/α,β-unsaturated/α-hetero) is 1. The molecule has 0 aromatic heterocycles. The molecule has 2 bridgehead atoms. The average molecular weight is 288 g/mol. The van der Waals surface area contributed by atoms with E-state index in [-0.39, 0.29) is 5.41 Å². The molecule has 4 fully saturated rings. The van der Waals surface area contributed by atoms with Gasteiger partial charge in [-0.15, -0.1) is 0 Å². The Morgan fingerprint density at radius 1 is 0.952 bits per heavy atom. The lowest BCUT2D eigenvalue weighted by molar-refractivity contribution is -0.161. The van der Waals surface area contributed by atoms with Crippen LogP contribution in [0.2, 0.25) is 0 Å². The van der Waals surface area contributed by atoms with Crippen molar-refractivity contribution in [3.63, 3.8) is 0 Å². The second kappa shape index (κ2) is 4.15. The van der Waals surface area contributed by atoms with E-state index in [0.29, 0.717) is 34.4 Å². The van der Waals surface area contributed by atoms with Crippen LogP contribution in [-0.2, 0) is 4.79 Å². The lowest BCUT2D eigenvalue weighted by Crippen LogP contribution is -2.57. The molecular weight excluding hydrogens is 256 g/mol. The first-order valence-corrected chi connectivity index (χ1v) is 9.36. The van der Waals surface area contributed by atoms with E-state index < -0.39 is 0 Å². The van der Waals surface area contributed by atoms with E-state index in [1.165, 1.54) is 51.4 Å². The Bertz CT molecular complexity index is 478. The number of fused-ring (bicyclic) bond motifs is 3. The maximum atomic E-state index is 13.1. The minimum absolute atomic E-state index is 0.0982. The predicted octanol–water partition coefficient (Wildman–Crippen LogP) is 5.23. The van der Waals surface area contributed by atoms with Crippen LogP contribution in [0.4, 0.5) is 0 Å². The second-order valence-corrected chi connectivity index (χ2v) is 9.84. The Balaban J connectivity index is 1.77. The van der Waals surface area contributed by atoms with Crippen LogP contribution >= 0.6 is 0 Å². The van der Waals surface area contributed by atoms with E-state index >= 15 is 0 Å². The van der Waals surface area contributed by atoms with Crippen LogP contribution in [0.15, 0.2) is 0 Å². The summed E-state index contributed by atoms with van der Waals surface area (Å²) in [4.78, 5) is 13.1. The highest BCUT2D eigenvalue weighted by Gasteiger charge is 2.66. The summed E-state index contributed by atoms with van der Waals surface area (Å²) in [5.74, 6) is 3.27. The van der Waals surface area contributed by atoms with Crippen molar-refractivity contribution in [3.8, 4) is 0 Å². The number of carbonyl (C=O) groups excluding carboxylic acids is 1. The van der Waals surface area contributed by atoms with Gasteiger partial charge >= 0.3 is 0 Å². The zero-order valence-electron chi connectivity index (χ0n) is 14.4. The molecule has 4 rings (SSSR count). The van der Waals surface area contributed by atoms with Crippen LogP contribution in [0.3, 0.4) is 0 Å². The Hall–Kier alpha value is -0.330. The average Bonchev–Trinajstić information content (AvgIpc) is 2.59. The molecule has 21 heavy (non-hydrogen) atoms. The van der Waals surface area contributed by atoms with Gasteiger partial charge in [-0.25, -0.2) is 0 Å². The summed E-state index contributed by atoms with van der Waals surface area (Å²) < 4.78 is 0. The summed E-state index contributed by atoms with van der Waals surface area (Å²) in [6, 6.07) is 0. The summed E-state index contributed by atoms with van der Waals surface area (Å²) in [6.45, 7) is 9.79. The fraction of sp³-hybridized carbons (Fsp3) is 0.950. The van der Waals surface area contributed by atoms with Crippen LogP contribution in [-0.4, -0.2) is 5.78 Å². The predicted molar refractivity (Wildman–Crippen MR) is 85.9 cm³/mol. The van der Waals surface area contributed by atoms with E-state index in [1.54, 1.807) is 0 Å². The monoisotopic (exact) mass is 288 g/mol. The molecule has 0 aromatic carbocycles. The Morgan fingerprint density at radius 3 is 2.48 bits per heavy atom. The third kappa shape index (κ3) is 1.61. The Kier molecular flexibility index (Phi) is 2.82. The number of hydrogen-bond donors (Lipinski definition) is 0. The second-order valence-electron chi connectivity index (χ2n) is 9.84. The molecule has 0 N–H and O–H groups in total. The molecule has 0 aromatic rings. The molecule has 118 valence electrons. The van der Waals surface area contributed by atoms with Crippen LogP contribution in [0.1, 0.15) is 79.1 Å². The fourth-order valence-corrected chi connectivity index (χ4v) is 7.80. The summed E-state index contributed by atoms with van der Waals surface area (Å²) in [7, 11) is 0. The smallest absolute Gasteiger partial charge is 0.142 e. The topological polar surface area (TPSA) is 17.1 Å². The zero-order chi connectivity index (χ0) is 15.0. The quantitative estimate of drug-likeness (QED) is 0.596. The molecule has 0 saturated heterocycles. The van der Waals surface area contributed by atoms with E-state index in [4.69, 9.17) is 0 Å². The van der Waals surface area contributed by atoms with E-state index in [0.717, 1.165) is 5.92 Å². The Morgan fingerprint density at radius 2 is 1.71 bits per heavy atom. The minimum atomic E-state index is 0.0982. The van der Waals surface area contributed by atoms with Crippen molar-refractivity contribution in [2.24, 2.45) is 39.9 Å². The standard InChI is InChI=1S/C20H32O/c1-13-14-6-7-16-19(4)10-5-9-18(2,3)15(19)8-11-20(16,12-14)17(13)21/h13-16H,5-12H2,1-4H3/t13-,14-,15-,16-,19-,20-/m1/s1. The van der Waals surface area contributed by atoms with Gasteiger partial charge in [0.05, 0.1) is 0 Å². The Labute approximate surface area is 130 Å². The first kappa shape index (κ1) is 14.3. The first-order valence-electron chi connectivity index (χ1n) is 9.36. The van der Waals surface area contributed by atoms with E-state index in [9.17, 15) is 4.79 Å². The lowest BCUT2D eigenvalue weighted by Gasteiger charge is -2.63. The highest BCUT2D eigenvalue weighted by molar-refractivity contribution is 5.90. The van der Waals surface area contributed by atoms with Gasteiger partial charge in [0.15, 0.2) is 0 Å². The van der Waals surface area contributed by atoms with Crippen LogP contribution in [0.5, 0.6) is 0 Å². The molecule has 4 saturated carbocycles. The van der Waals surface area contributed by atoms with Gasteiger partial charge in [-0.1, -0.05) is 34.1 Å². The fourth-order valence-electron chi connectivity index (χ4n) is 7.80.